The van der Waals surface area contributed by atoms with Crippen molar-refractivity contribution in [3.8, 4) is 0 Å². The van der Waals surface area contributed by atoms with Gasteiger partial charge in [-0.2, -0.15) is 9.82 Å². The molecule has 122 valence electrons. The molecule has 9 heteroatoms. The molecular weight excluding hydrogens is 318 g/mol. The molecule has 1 unspecified atom stereocenters. The van der Waals surface area contributed by atoms with Gasteiger partial charge in [0.25, 0.3) is 10.0 Å². The van der Waals surface area contributed by atoms with Crippen LogP contribution in [-0.4, -0.2) is 41.7 Å². The number of pyridine rings is 1. The van der Waals surface area contributed by atoms with E-state index >= 15 is 0 Å². The van der Waals surface area contributed by atoms with Crippen LogP contribution in [0, 0.1) is 0 Å². The zero-order chi connectivity index (χ0) is 16.4. The monoisotopic (exact) mass is 335 g/mol. The zero-order valence-corrected chi connectivity index (χ0v) is 13.4. The second-order valence-corrected chi connectivity index (χ2v) is 6.95. The second kappa shape index (κ2) is 6.09. The van der Waals surface area contributed by atoms with Crippen molar-refractivity contribution in [2.24, 2.45) is 7.05 Å². The molecule has 8 nitrogen and oxygen atoms in total. The highest BCUT2D eigenvalue weighted by Crippen LogP contribution is 2.21. The first-order chi connectivity index (χ1) is 11.0. The molecule has 0 saturated carbocycles. The minimum Gasteiger partial charge on any atom is -0.296 e. The van der Waals surface area contributed by atoms with Gasteiger partial charge in [-0.05, 0) is 25.0 Å². The van der Waals surface area contributed by atoms with Gasteiger partial charge in [0.15, 0.2) is 5.03 Å². The van der Waals surface area contributed by atoms with E-state index in [1.165, 1.54) is 12.3 Å². The fourth-order valence-electron chi connectivity index (χ4n) is 2.60. The van der Waals surface area contributed by atoms with Crippen LogP contribution in [0.25, 0.3) is 0 Å². The molecule has 1 N–H and O–H groups in total. The number of rotatable bonds is 4. The summed E-state index contributed by atoms with van der Waals surface area (Å²) in [6.07, 6.45) is 4.16. The molecule has 2 aromatic heterocycles. The van der Waals surface area contributed by atoms with Crippen LogP contribution in [0.5, 0.6) is 0 Å². The van der Waals surface area contributed by atoms with E-state index in [2.05, 4.69) is 14.8 Å². The van der Waals surface area contributed by atoms with Crippen LogP contribution in [0.3, 0.4) is 0 Å². The molecule has 1 aliphatic rings. The summed E-state index contributed by atoms with van der Waals surface area (Å²) >= 11 is 0. The Labute approximate surface area is 134 Å². The molecule has 1 saturated heterocycles. The minimum atomic E-state index is -3.83. The molecule has 1 aliphatic heterocycles. The van der Waals surface area contributed by atoms with Crippen LogP contribution in [0.4, 0.5) is 5.82 Å². The lowest BCUT2D eigenvalue weighted by Gasteiger charge is -2.32. The van der Waals surface area contributed by atoms with Crippen molar-refractivity contribution < 1.29 is 13.2 Å². The van der Waals surface area contributed by atoms with Crippen molar-refractivity contribution in [3.05, 3.63) is 36.7 Å². The number of sulfonamides is 1. The molecule has 3 rings (SSSR count). The number of aryl methyl sites for hydroxylation is 1. The fraction of sp³-hybridized carbons (Fsp3) is 0.357. The van der Waals surface area contributed by atoms with Gasteiger partial charge in [0.1, 0.15) is 11.9 Å². The first kappa shape index (κ1) is 15.6. The normalized spacial score (nSPS) is 19.1. The Morgan fingerprint density at radius 2 is 2.09 bits per heavy atom. The molecule has 2 aromatic rings. The van der Waals surface area contributed by atoms with Crippen LogP contribution in [0.1, 0.15) is 12.8 Å². The van der Waals surface area contributed by atoms with Gasteiger partial charge in [0.05, 0.1) is 6.20 Å². The maximum Gasteiger partial charge on any atom is 0.258 e. The van der Waals surface area contributed by atoms with Crippen molar-refractivity contribution in [2.75, 3.05) is 11.4 Å². The Morgan fingerprint density at radius 3 is 2.74 bits per heavy atom. The zero-order valence-electron chi connectivity index (χ0n) is 12.6. The number of piperidine rings is 1. The van der Waals surface area contributed by atoms with E-state index in [-0.39, 0.29) is 10.9 Å². The maximum atomic E-state index is 12.6. The summed E-state index contributed by atoms with van der Waals surface area (Å²) in [4.78, 5) is 18.0. The van der Waals surface area contributed by atoms with Gasteiger partial charge in [-0.1, -0.05) is 6.07 Å². The van der Waals surface area contributed by atoms with Crippen molar-refractivity contribution in [1.82, 2.24) is 19.5 Å². The van der Waals surface area contributed by atoms with Gasteiger partial charge < -0.3 is 0 Å². The van der Waals surface area contributed by atoms with Crippen LogP contribution in [-0.2, 0) is 21.9 Å². The number of hydrogen-bond acceptors (Lipinski definition) is 5. The lowest BCUT2D eigenvalue weighted by molar-refractivity contribution is -0.121. The first-order valence-corrected chi connectivity index (χ1v) is 8.70. The number of carbonyl (C=O) groups is 1. The van der Waals surface area contributed by atoms with Crippen LogP contribution < -0.4 is 9.62 Å². The molecule has 1 atom stereocenters. The van der Waals surface area contributed by atoms with Gasteiger partial charge in [0.2, 0.25) is 5.91 Å². The molecule has 1 amide bonds. The first-order valence-electron chi connectivity index (χ1n) is 7.22. The average Bonchev–Trinajstić information content (AvgIpc) is 2.96. The van der Waals surface area contributed by atoms with Crippen molar-refractivity contribution >= 4 is 21.7 Å². The van der Waals surface area contributed by atoms with Gasteiger partial charge in [-0.25, -0.2) is 13.4 Å². The summed E-state index contributed by atoms with van der Waals surface area (Å²) in [6.45, 7) is 0.542. The molecule has 3 heterocycles. The number of nitrogens with one attached hydrogen (secondary N) is 1. The number of aromatic nitrogens is 3. The third-order valence-corrected chi connectivity index (χ3v) is 5.11. The average molecular weight is 335 g/mol. The predicted molar refractivity (Wildman–Crippen MR) is 83.1 cm³/mol. The summed E-state index contributed by atoms with van der Waals surface area (Å²) in [5.41, 5.74) is 0. The summed E-state index contributed by atoms with van der Waals surface area (Å²) in [6, 6.07) is 5.55. The SMILES string of the molecule is Cn1nccc1N1CCCC(NS(=O)(=O)c2ccccn2)C1=O. The highest BCUT2D eigenvalue weighted by atomic mass is 32.2. The maximum absolute atomic E-state index is 12.6. The molecule has 0 spiro atoms. The van der Waals surface area contributed by atoms with Crippen molar-refractivity contribution in [1.29, 1.82) is 0 Å². The summed E-state index contributed by atoms with van der Waals surface area (Å²) < 4.78 is 28.7. The van der Waals surface area contributed by atoms with Crippen LogP contribution in [0.15, 0.2) is 41.7 Å². The molecule has 0 bridgehead atoms. The number of carbonyl (C=O) groups excluding carboxylic acids is 1. The fourth-order valence-corrected chi connectivity index (χ4v) is 3.77. The summed E-state index contributed by atoms with van der Waals surface area (Å²) in [5, 5.41) is 3.96. The van der Waals surface area contributed by atoms with Crippen LogP contribution >= 0.6 is 0 Å². The van der Waals surface area contributed by atoms with E-state index in [1.54, 1.807) is 41.0 Å². The molecule has 0 radical (unpaired) electrons. The van der Waals surface area contributed by atoms with Crippen molar-refractivity contribution in [2.45, 2.75) is 23.9 Å². The Hall–Kier alpha value is -2.26. The number of amides is 1. The molecule has 1 fully saturated rings. The summed E-state index contributed by atoms with van der Waals surface area (Å²) in [5.74, 6) is 0.371. The van der Waals surface area contributed by atoms with Gasteiger partial charge >= 0.3 is 0 Å². The Bertz CT molecular complexity index is 803. The lowest BCUT2D eigenvalue weighted by Crippen LogP contribution is -2.52. The third kappa shape index (κ3) is 3.10. The molecular formula is C14H17N5O3S. The van der Waals surface area contributed by atoms with Crippen molar-refractivity contribution in [3.63, 3.8) is 0 Å². The smallest absolute Gasteiger partial charge is 0.258 e. The lowest BCUT2D eigenvalue weighted by atomic mass is 10.1. The predicted octanol–water partition coefficient (Wildman–Crippen LogP) is 0.289. The third-order valence-electron chi connectivity index (χ3n) is 3.72. The molecule has 0 aromatic carbocycles. The molecule has 23 heavy (non-hydrogen) atoms. The van der Waals surface area contributed by atoms with Gasteiger partial charge in [-0.15, -0.1) is 0 Å². The number of hydrogen-bond donors (Lipinski definition) is 1. The van der Waals surface area contributed by atoms with Crippen LogP contribution in [0.2, 0.25) is 0 Å². The Morgan fingerprint density at radius 1 is 1.26 bits per heavy atom. The van der Waals surface area contributed by atoms with E-state index in [4.69, 9.17) is 0 Å². The van der Waals surface area contributed by atoms with E-state index in [1.807, 2.05) is 0 Å². The number of anilines is 1. The van der Waals surface area contributed by atoms with E-state index in [0.29, 0.717) is 25.2 Å². The van der Waals surface area contributed by atoms with Gasteiger partial charge in [0, 0.05) is 25.9 Å². The second-order valence-electron chi connectivity index (χ2n) is 5.29. The highest BCUT2D eigenvalue weighted by molar-refractivity contribution is 7.89. The largest absolute Gasteiger partial charge is 0.296 e. The van der Waals surface area contributed by atoms with E-state index in [0.717, 1.165) is 0 Å². The molecule has 0 aliphatic carbocycles. The van der Waals surface area contributed by atoms with Gasteiger partial charge in [-0.3, -0.25) is 14.4 Å². The highest BCUT2D eigenvalue weighted by Gasteiger charge is 2.34. The quantitative estimate of drug-likeness (QED) is 0.866. The van der Waals surface area contributed by atoms with E-state index in [9.17, 15) is 13.2 Å². The van der Waals surface area contributed by atoms with E-state index < -0.39 is 16.1 Å². The Kier molecular flexibility index (Phi) is 4.14. The number of nitrogens with zero attached hydrogens (tertiary/aromatic N) is 4. The standard InChI is InChI=1S/C14H17N5O3S/c1-18-13(7-9-16-18)19-10-4-5-11(14(19)20)17-23(21,22)12-6-2-3-8-15-12/h2-3,6-9,11,17H,4-5,10H2,1H3. The minimum absolute atomic E-state index is 0.0922. The summed E-state index contributed by atoms with van der Waals surface area (Å²) in [7, 11) is -2.09. The topological polar surface area (TPSA) is 97.2 Å². The Balaban J connectivity index is 1.81.